The quantitative estimate of drug-likeness (QED) is 0.324. The summed E-state index contributed by atoms with van der Waals surface area (Å²) in [5.74, 6) is -0.342. The van der Waals surface area contributed by atoms with E-state index in [4.69, 9.17) is 25.9 Å². The van der Waals surface area contributed by atoms with E-state index in [1.165, 1.54) is 12.1 Å². The predicted octanol–water partition coefficient (Wildman–Crippen LogP) is 5.44. The normalized spacial score (nSPS) is 12.2. The first-order valence-corrected chi connectivity index (χ1v) is 8.94. The third kappa shape index (κ3) is 6.08. The minimum atomic E-state index is -0.342. The lowest BCUT2D eigenvalue weighted by atomic mass is 10.0. The molecule has 2 aromatic rings. The molecule has 2 rings (SSSR count). The SMILES string of the molecule is CCOC/C(=N\OCc1c(Cl)cccc1/C(C)=C\OC)c1cccc(F)c1. The van der Waals surface area contributed by atoms with Crippen molar-refractivity contribution in [3.8, 4) is 0 Å². The van der Waals surface area contributed by atoms with E-state index in [2.05, 4.69) is 5.16 Å². The van der Waals surface area contributed by atoms with Gasteiger partial charge in [-0.2, -0.15) is 0 Å². The fourth-order valence-corrected chi connectivity index (χ4v) is 2.75. The first kappa shape index (κ1) is 20.9. The summed E-state index contributed by atoms with van der Waals surface area (Å²) in [5.41, 5.74) is 3.75. The van der Waals surface area contributed by atoms with Crippen LogP contribution in [0.2, 0.25) is 5.02 Å². The summed E-state index contributed by atoms with van der Waals surface area (Å²) in [4.78, 5) is 5.56. The first-order valence-electron chi connectivity index (χ1n) is 8.56. The molecule has 0 N–H and O–H groups in total. The highest BCUT2D eigenvalue weighted by molar-refractivity contribution is 6.31. The Kier molecular flexibility index (Phi) is 8.30. The molecule has 0 atom stereocenters. The van der Waals surface area contributed by atoms with Crippen molar-refractivity contribution >= 4 is 22.9 Å². The van der Waals surface area contributed by atoms with Crippen molar-refractivity contribution in [1.29, 1.82) is 0 Å². The number of ether oxygens (including phenoxy) is 2. The lowest BCUT2D eigenvalue weighted by molar-refractivity contribution is 0.124. The van der Waals surface area contributed by atoms with Gasteiger partial charge in [0.15, 0.2) is 0 Å². The van der Waals surface area contributed by atoms with E-state index in [1.54, 1.807) is 31.6 Å². The van der Waals surface area contributed by atoms with E-state index in [-0.39, 0.29) is 19.0 Å². The average molecular weight is 392 g/mol. The Bertz CT molecular complexity index is 821. The van der Waals surface area contributed by atoms with E-state index >= 15 is 0 Å². The Morgan fingerprint density at radius 2 is 2.00 bits per heavy atom. The second-order valence-electron chi connectivity index (χ2n) is 5.76. The van der Waals surface area contributed by atoms with Crippen LogP contribution in [0, 0.1) is 5.82 Å². The molecule has 0 saturated heterocycles. The van der Waals surface area contributed by atoms with E-state index in [1.807, 2.05) is 26.0 Å². The molecule has 0 amide bonds. The van der Waals surface area contributed by atoms with Crippen LogP contribution in [0.25, 0.3) is 5.57 Å². The molecule has 0 aliphatic rings. The van der Waals surface area contributed by atoms with Crippen LogP contribution in [0.4, 0.5) is 4.39 Å². The van der Waals surface area contributed by atoms with Gasteiger partial charge < -0.3 is 14.3 Å². The molecule has 27 heavy (non-hydrogen) atoms. The Labute approximate surface area is 164 Å². The van der Waals surface area contributed by atoms with Crippen LogP contribution in [-0.4, -0.2) is 26.0 Å². The third-order valence-electron chi connectivity index (χ3n) is 3.82. The standard InChI is InChI=1S/C21H23ClFNO3/c1-4-26-14-21(16-7-5-8-17(23)11-16)24-27-13-19-18(15(2)12-25-3)9-6-10-20(19)22/h5-12H,4,13-14H2,1-3H3/b15-12-,24-21+. The second kappa shape index (κ2) is 10.7. The van der Waals surface area contributed by atoms with Gasteiger partial charge in [0, 0.05) is 22.8 Å². The summed E-state index contributed by atoms with van der Waals surface area (Å²) < 4.78 is 24.0. The van der Waals surface area contributed by atoms with Crippen LogP contribution >= 0.6 is 11.6 Å². The topological polar surface area (TPSA) is 40.0 Å². The van der Waals surface area contributed by atoms with Gasteiger partial charge >= 0.3 is 0 Å². The van der Waals surface area contributed by atoms with Crippen molar-refractivity contribution < 1.29 is 18.7 Å². The molecule has 4 nitrogen and oxygen atoms in total. The van der Waals surface area contributed by atoms with Crippen LogP contribution < -0.4 is 0 Å². The number of hydrogen-bond acceptors (Lipinski definition) is 4. The summed E-state index contributed by atoms with van der Waals surface area (Å²) in [5, 5.41) is 4.74. The van der Waals surface area contributed by atoms with Crippen molar-refractivity contribution in [3.63, 3.8) is 0 Å². The maximum Gasteiger partial charge on any atom is 0.144 e. The Hall–Kier alpha value is -2.37. The lowest BCUT2D eigenvalue weighted by Gasteiger charge is -2.12. The number of nitrogens with zero attached hydrogens (tertiary/aromatic N) is 1. The van der Waals surface area contributed by atoms with Gasteiger partial charge in [0.2, 0.25) is 0 Å². The number of halogens is 2. The zero-order valence-electron chi connectivity index (χ0n) is 15.7. The number of hydrogen-bond donors (Lipinski definition) is 0. The maximum absolute atomic E-state index is 13.5. The summed E-state index contributed by atoms with van der Waals surface area (Å²) in [7, 11) is 1.59. The smallest absolute Gasteiger partial charge is 0.144 e. The van der Waals surface area contributed by atoms with Gasteiger partial charge in [-0.15, -0.1) is 0 Å². The highest BCUT2D eigenvalue weighted by atomic mass is 35.5. The molecule has 0 radical (unpaired) electrons. The molecule has 2 aromatic carbocycles. The van der Waals surface area contributed by atoms with E-state index in [0.29, 0.717) is 22.9 Å². The molecule has 0 bridgehead atoms. The molecular weight excluding hydrogens is 369 g/mol. The van der Waals surface area contributed by atoms with Crippen LogP contribution in [0.5, 0.6) is 0 Å². The number of oxime groups is 1. The van der Waals surface area contributed by atoms with Gasteiger partial charge in [-0.3, -0.25) is 0 Å². The van der Waals surface area contributed by atoms with Crippen LogP contribution in [0.3, 0.4) is 0 Å². The van der Waals surface area contributed by atoms with E-state index < -0.39 is 0 Å². The minimum Gasteiger partial charge on any atom is -0.504 e. The highest BCUT2D eigenvalue weighted by Gasteiger charge is 2.11. The lowest BCUT2D eigenvalue weighted by Crippen LogP contribution is -2.12. The molecule has 0 aliphatic carbocycles. The van der Waals surface area contributed by atoms with Crippen molar-refractivity contribution in [3.05, 3.63) is 76.3 Å². The van der Waals surface area contributed by atoms with E-state index in [9.17, 15) is 4.39 Å². The van der Waals surface area contributed by atoms with Gasteiger partial charge in [0.1, 0.15) is 18.1 Å². The number of allylic oxidation sites excluding steroid dienone is 1. The Morgan fingerprint density at radius 3 is 2.70 bits per heavy atom. The molecule has 0 spiro atoms. The molecule has 6 heteroatoms. The fraction of sp³-hybridized carbons (Fsp3) is 0.286. The van der Waals surface area contributed by atoms with Crippen LogP contribution in [0.1, 0.15) is 30.5 Å². The van der Waals surface area contributed by atoms with Crippen LogP contribution in [0.15, 0.2) is 53.9 Å². The largest absolute Gasteiger partial charge is 0.504 e. The molecule has 0 saturated carbocycles. The van der Waals surface area contributed by atoms with Crippen molar-refractivity contribution in [2.75, 3.05) is 20.3 Å². The molecular formula is C21H23ClFNO3. The molecule has 0 fully saturated rings. The van der Waals surface area contributed by atoms with Gasteiger partial charge in [-0.1, -0.05) is 41.0 Å². The Morgan fingerprint density at radius 1 is 1.22 bits per heavy atom. The maximum atomic E-state index is 13.5. The number of benzene rings is 2. The van der Waals surface area contributed by atoms with Crippen LogP contribution in [-0.2, 0) is 20.9 Å². The Balaban J connectivity index is 2.24. The van der Waals surface area contributed by atoms with Crippen molar-refractivity contribution in [2.24, 2.45) is 5.16 Å². The number of rotatable bonds is 9. The zero-order valence-corrected chi connectivity index (χ0v) is 16.4. The fourth-order valence-electron chi connectivity index (χ4n) is 2.52. The van der Waals surface area contributed by atoms with Gasteiger partial charge in [0.25, 0.3) is 0 Å². The number of methoxy groups -OCH3 is 1. The second-order valence-corrected chi connectivity index (χ2v) is 6.17. The van der Waals surface area contributed by atoms with Gasteiger partial charge in [0.05, 0.1) is 20.0 Å². The van der Waals surface area contributed by atoms with Gasteiger partial charge in [-0.25, -0.2) is 4.39 Å². The summed E-state index contributed by atoms with van der Waals surface area (Å²) in [6.45, 7) is 4.71. The summed E-state index contributed by atoms with van der Waals surface area (Å²) >= 11 is 6.34. The summed E-state index contributed by atoms with van der Waals surface area (Å²) in [6.07, 6.45) is 1.64. The first-order chi connectivity index (χ1) is 13.1. The molecule has 0 aromatic heterocycles. The molecule has 0 unspecified atom stereocenters. The van der Waals surface area contributed by atoms with Crippen molar-refractivity contribution in [1.82, 2.24) is 0 Å². The predicted molar refractivity (Wildman–Crippen MR) is 106 cm³/mol. The minimum absolute atomic E-state index is 0.162. The van der Waals surface area contributed by atoms with E-state index in [0.717, 1.165) is 16.7 Å². The van der Waals surface area contributed by atoms with Crippen molar-refractivity contribution in [2.45, 2.75) is 20.5 Å². The monoisotopic (exact) mass is 391 g/mol. The molecule has 0 heterocycles. The van der Waals surface area contributed by atoms with Gasteiger partial charge in [-0.05, 0) is 43.2 Å². The average Bonchev–Trinajstić information content (AvgIpc) is 2.65. The summed E-state index contributed by atoms with van der Waals surface area (Å²) in [6, 6.07) is 11.8. The zero-order chi connectivity index (χ0) is 19.6. The molecule has 144 valence electrons. The molecule has 0 aliphatic heterocycles. The highest BCUT2D eigenvalue weighted by Crippen LogP contribution is 2.26. The third-order valence-corrected chi connectivity index (χ3v) is 4.18.